The normalized spacial score (nSPS) is 38.7. The van der Waals surface area contributed by atoms with Crippen LogP contribution in [-0.4, -0.2) is 123 Å². The highest BCUT2D eigenvalue weighted by Crippen LogP contribution is 2.69. The summed E-state index contributed by atoms with van der Waals surface area (Å²) < 4.78 is 24.0. The van der Waals surface area contributed by atoms with Crippen LogP contribution in [-0.2, 0) is 44.8 Å². The molecule has 12 nitrogen and oxygen atoms in total. The van der Waals surface area contributed by atoms with Crippen LogP contribution < -0.4 is 9.64 Å². The first-order valence-electron chi connectivity index (χ1n) is 21.0. The highest BCUT2D eigenvalue weighted by atomic mass is 16.6. The summed E-state index contributed by atoms with van der Waals surface area (Å²) in [5.74, 6) is -1.31. The fourth-order valence-corrected chi connectivity index (χ4v) is 14.4. The average Bonchev–Trinajstić information content (AvgIpc) is 3.99. The zero-order valence-corrected chi connectivity index (χ0v) is 34.5. The van der Waals surface area contributed by atoms with Crippen LogP contribution in [0.3, 0.4) is 0 Å². The molecule has 306 valence electrons. The van der Waals surface area contributed by atoms with Crippen LogP contribution in [0.4, 0.5) is 11.4 Å². The number of anilines is 1. The van der Waals surface area contributed by atoms with E-state index in [2.05, 4.69) is 59.2 Å². The van der Waals surface area contributed by atoms with E-state index in [9.17, 15) is 14.7 Å². The Morgan fingerprint density at radius 3 is 2.41 bits per heavy atom. The number of aliphatic imine (C=N–C) groups is 1. The van der Waals surface area contributed by atoms with Gasteiger partial charge in [0.1, 0.15) is 11.2 Å². The largest absolute Gasteiger partial charge is 0.496 e. The molecule has 58 heavy (non-hydrogen) atoms. The number of rotatable bonds is 7. The molecule has 2 aromatic carbocycles. The van der Waals surface area contributed by atoms with Crippen molar-refractivity contribution in [3.8, 4) is 5.75 Å². The first-order chi connectivity index (χ1) is 27.9. The van der Waals surface area contributed by atoms with Crippen molar-refractivity contribution >= 4 is 35.0 Å². The maximum Gasteiger partial charge on any atom is 0.344 e. The van der Waals surface area contributed by atoms with Crippen LogP contribution in [0.15, 0.2) is 65.2 Å². The Morgan fingerprint density at radius 1 is 0.948 bits per heavy atom. The van der Waals surface area contributed by atoms with Crippen LogP contribution in [0.25, 0.3) is 0 Å². The molecule has 2 spiro atoms. The summed E-state index contributed by atoms with van der Waals surface area (Å²) in [6.07, 6.45) is 8.60. The fourth-order valence-electron chi connectivity index (χ4n) is 14.4. The summed E-state index contributed by atoms with van der Waals surface area (Å²) in [7, 11) is 6.25. The minimum Gasteiger partial charge on any atom is -0.496 e. The molecule has 6 heterocycles. The lowest BCUT2D eigenvalue weighted by molar-refractivity contribution is -0.228. The van der Waals surface area contributed by atoms with E-state index in [4.69, 9.17) is 23.9 Å². The van der Waals surface area contributed by atoms with Crippen molar-refractivity contribution in [1.29, 1.82) is 0 Å². The van der Waals surface area contributed by atoms with Gasteiger partial charge >= 0.3 is 17.9 Å². The highest BCUT2D eigenvalue weighted by molar-refractivity contribution is 6.21. The third-order valence-corrected chi connectivity index (χ3v) is 16.1. The molecule has 10 rings (SSSR count). The number of hydrogen-bond donors (Lipinski definition) is 1. The Morgan fingerprint density at radius 2 is 1.71 bits per heavy atom. The van der Waals surface area contributed by atoms with E-state index in [1.54, 1.807) is 7.11 Å². The maximum atomic E-state index is 15.3. The lowest BCUT2D eigenvalue weighted by atomic mass is 9.47. The molecule has 2 aromatic rings. The summed E-state index contributed by atoms with van der Waals surface area (Å²) in [6.45, 7) is 8.70. The van der Waals surface area contributed by atoms with Crippen LogP contribution in [0.2, 0.25) is 0 Å². The van der Waals surface area contributed by atoms with E-state index in [-0.39, 0.29) is 24.0 Å². The average molecular weight is 791 g/mol. The van der Waals surface area contributed by atoms with Crippen LogP contribution >= 0.6 is 0 Å². The van der Waals surface area contributed by atoms with E-state index in [1.807, 2.05) is 31.0 Å². The molecule has 0 radical (unpaired) electrons. The maximum absolute atomic E-state index is 15.3. The molecular formula is C46H54N4O8. The van der Waals surface area contributed by atoms with Crippen molar-refractivity contribution in [2.24, 2.45) is 16.3 Å². The zero-order valence-electron chi connectivity index (χ0n) is 34.5. The van der Waals surface area contributed by atoms with E-state index in [0.717, 1.165) is 54.1 Å². The molecule has 0 aromatic heterocycles. The molecule has 2 saturated heterocycles. The number of hydrogen-bond acceptors (Lipinski definition) is 12. The standard InChI is InChI=1S/C46H54N4O8/c1-8-27-21-28-24-45(40(52)56-6,36-43(16-20-50(25-27)35(28)43)29-13-10-11-14-32(29)47-36)31-22-30-33(23-34(31)55-5)48(4)38-44(30)17-19-49-18-12-15-42(9-2,37(44)49)39(58-26(3)51)46(38,54)41(53)57-7/h10-15,21-23,28,35,37-39,54H,8-9,16-20,24-25H2,1-7H3/t28-,35-,37-,38+,39+,42+,43?,44+,45-,46-/m0/s1. The molecule has 6 aliphatic heterocycles. The first kappa shape index (κ1) is 37.7. The summed E-state index contributed by atoms with van der Waals surface area (Å²) in [5, 5.41) is 13.3. The van der Waals surface area contributed by atoms with Gasteiger partial charge in [-0.05, 0) is 67.8 Å². The van der Waals surface area contributed by atoms with Gasteiger partial charge in [-0.2, -0.15) is 0 Å². The summed E-state index contributed by atoms with van der Waals surface area (Å²) in [6, 6.07) is 11.4. The number of ether oxygens (including phenoxy) is 4. The van der Waals surface area contributed by atoms with Crippen molar-refractivity contribution in [1.82, 2.24) is 9.80 Å². The molecule has 2 saturated carbocycles. The fraction of sp³-hybridized carbons (Fsp3) is 0.565. The molecule has 1 unspecified atom stereocenters. The van der Waals surface area contributed by atoms with Gasteiger partial charge in [0.05, 0.1) is 44.2 Å². The van der Waals surface area contributed by atoms with Crippen molar-refractivity contribution in [3.05, 3.63) is 76.9 Å². The number of likely N-dealkylation sites (N-methyl/N-ethyl adjacent to an activating group) is 1. The molecule has 0 amide bonds. The summed E-state index contributed by atoms with van der Waals surface area (Å²) in [5.41, 5.74) is 0.603. The molecule has 0 bridgehead atoms. The number of para-hydroxylation sites is 1. The first-order valence-corrected chi connectivity index (χ1v) is 21.0. The Bertz CT molecular complexity index is 2250. The second-order valence-electron chi connectivity index (χ2n) is 18.0. The number of carbonyl (C=O) groups excluding carboxylic acids is 3. The highest BCUT2D eigenvalue weighted by Gasteiger charge is 2.81. The molecule has 2 aliphatic carbocycles. The molecule has 12 heteroatoms. The second-order valence-corrected chi connectivity index (χ2v) is 18.0. The monoisotopic (exact) mass is 790 g/mol. The Balaban J connectivity index is 1.28. The molecule has 4 fully saturated rings. The van der Waals surface area contributed by atoms with Gasteiger partial charge in [0, 0.05) is 73.8 Å². The van der Waals surface area contributed by atoms with Crippen LogP contribution in [0.5, 0.6) is 5.75 Å². The molecule has 8 aliphatic rings. The lowest BCUT2D eigenvalue weighted by Crippen LogP contribution is -2.81. The van der Waals surface area contributed by atoms with Gasteiger partial charge in [-0.3, -0.25) is 24.4 Å². The van der Waals surface area contributed by atoms with Gasteiger partial charge in [0.15, 0.2) is 6.10 Å². The topological polar surface area (TPSA) is 130 Å². The number of carbonyl (C=O) groups is 3. The summed E-state index contributed by atoms with van der Waals surface area (Å²) in [4.78, 5) is 55.2. The van der Waals surface area contributed by atoms with E-state index < -0.39 is 51.3 Å². The van der Waals surface area contributed by atoms with Crippen molar-refractivity contribution in [3.63, 3.8) is 0 Å². The van der Waals surface area contributed by atoms with E-state index in [0.29, 0.717) is 43.7 Å². The third-order valence-electron chi connectivity index (χ3n) is 16.1. The zero-order chi connectivity index (χ0) is 40.7. The quantitative estimate of drug-likeness (QED) is 0.242. The smallest absolute Gasteiger partial charge is 0.344 e. The van der Waals surface area contributed by atoms with E-state index in [1.165, 1.54) is 26.7 Å². The lowest BCUT2D eigenvalue weighted by Gasteiger charge is -2.63. The number of benzene rings is 2. The van der Waals surface area contributed by atoms with E-state index >= 15 is 4.79 Å². The third kappa shape index (κ3) is 4.16. The van der Waals surface area contributed by atoms with Crippen LogP contribution in [0, 0.1) is 11.3 Å². The predicted octanol–water partition coefficient (Wildman–Crippen LogP) is 4.52. The number of aliphatic hydroxyl groups is 1. The SMILES string of the molecule is CCC1=C[C@H]2C[C@](C(=O)OC)(c3cc4c(cc3OC)N(C)[C@H]3[C@@](O)(C(=O)OC)[C@H](OC(C)=O)[C@]5(CC)C=CCN6CC[C@]43[C@@H]65)C3=Nc4ccccc4C34CCN(C1)[C@@H]24. The van der Waals surface area contributed by atoms with Crippen LogP contribution in [0.1, 0.15) is 69.6 Å². The predicted molar refractivity (Wildman–Crippen MR) is 217 cm³/mol. The number of methoxy groups -OCH3 is 3. The Hall–Kier alpha value is -4.52. The second kappa shape index (κ2) is 12.5. The van der Waals surface area contributed by atoms with Gasteiger partial charge in [-0.25, -0.2) is 4.79 Å². The molecule has 10 atom stereocenters. The van der Waals surface area contributed by atoms with Crippen molar-refractivity contribution in [2.75, 3.05) is 59.5 Å². The number of nitrogens with zero attached hydrogens (tertiary/aromatic N) is 4. The minimum absolute atomic E-state index is 0.0173. The minimum atomic E-state index is -2.28. The number of fused-ring (bicyclic) bond motifs is 2. The van der Waals surface area contributed by atoms with Gasteiger partial charge in [0.2, 0.25) is 5.60 Å². The van der Waals surface area contributed by atoms with Crippen molar-refractivity contribution in [2.45, 2.75) is 99.0 Å². The Kier molecular flexibility index (Phi) is 8.13. The summed E-state index contributed by atoms with van der Waals surface area (Å²) >= 11 is 0. The number of esters is 3. The molecule has 1 N–H and O–H groups in total. The Labute approximate surface area is 339 Å². The van der Waals surface area contributed by atoms with Gasteiger partial charge in [-0.1, -0.05) is 55.8 Å². The van der Waals surface area contributed by atoms with Crippen molar-refractivity contribution < 1.29 is 38.4 Å². The molecular weight excluding hydrogens is 737 g/mol. The van der Waals surface area contributed by atoms with Gasteiger partial charge < -0.3 is 29.0 Å². The van der Waals surface area contributed by atoms with Gasteiger partial charge in [-0.15, -0.1) is 0 Å². The van der Waals surface area contributed by atoms with Gasteiger partial charge in [0.25, 0.3) is 0 Å².